The molecule has 7 nitrogen and oxygen atoms in total. The molecule has 1 heterocycles. The number of hydrogen-bond acceptors (Lipinski definition) is 6. The van der Waals surface area contributed by atoms with E-state index in [4.69, 9.17) is 21.7 Å². The summed E-state index contributed by atoms with van der Waals surface area (Å²) < 4.78 is 12.0. The molecule has 110 valence electrons. The van der Waals surface area contributed by atoms with Gasteiger partial charge in [0.15, 0.2) is 11.5 Å². The highest BCUT2D eigenvalue weighted by Crippen LogP contribution is 2.29. The van der Waals surface area contributed by atoms with E-state index in [1.807, 2.05) is 6.92 Å². The van der Waals surface area contributed by atoms with Gasteiger partial charge in [-0.3, -0.25) is 9.89 Å². The maximum absolute atomic E-state index is 11.6. The molecule has 0 aliphatic heterocycles. The number of nitrogens with one attached hydrogen (secondary N) is 1. The minimum atomic E-state index is -0.421. The summed E-state index contributed by atoms with van der Waals surface area (Å²) in [6.07, 6.45) is 2.58. The number of benzene rings is 1. The fourth-order valence-corrected chi connectivity index (χ4v) is 1.86. The van der Waals surface area contributed by atoms with Gasteiger partial charge in [0.1, 0.15) is 6.20 Å². The van der Waals surface area contributed by atoms with Crippen LogP contribution in [0.5, 0.6) is 11.5 Å². The molecule has 0 aliphatic rings. The third kappa shape index (κ3) is 3.34. The maximum Gasteiger partial charge on any atom is 0.293 e. The van der Waals surface area contributed by atoms with Gasteiger partial charge in [-0.2, -0.15) is 14.9 Å². The van der Waals surface area contributed by atoms with Crippen LogP contribution in [-0.2, 0) is 0 Å². The number of ether oxygens (including phenoxy) is 2. The van der Waals surface area contributed by atoms with Gasteiger partial charge in [0.2, 0.25) is 4.77 Å². The van der Waals surface area contributed by atoms with Crippen molar-refractivity contribution in [3.8, 4) is 11.5 Å². The van der Waals surface area contributed by atoms with Gasteiger partial charge < -0.3 is 9.47 Å². The number of aromatic nitrogens is 3. The van der Waals surface area contributed by atoms with E-state index in [0.29, 0.717) is 23.7 Å². The van der Waals surface area contributed by atoms with Gasteiger partial charge in [0, 0.05) is 5.56 Å². The summed E-state index contributed by atoms with van der Waals surface area (Å²) in [5.74, 6) is 1.15. The van der Waals surface area contributed by atoms with E-state index in [9.17, 15) is 4.79 Å². The van der Waals surface area contributed by atoms with Crippen molar-refractivity contribution in [1.82, 2.24) is 14.9 Å². The van der Waals surface area contributed by atoms with Crippen LogP contribution in [0.25, 0.3) is 0 Å². The number of hydrogen-bond donors (Lipinski definition) is 1. The number of nitrogens with zero attached hydrogens (tertiary/aromatic N) is 3. The van der Waals surface area contributed by atoms with E-state index in [2.05, 4.69) is 15.3 Å². The molecular weight excluding hydrogens is 292 g/mol. The molecule has 1 aromatic carbocycles. The van der Waals surface area contributed by atoms with Crippen LogP contribution < -0.4 is 15.0 Å². The van der Waals surface area contributed by atoms with Gasteiger partial charge >= 0.3 is 0 Å². The average molecular weight is 306 g/mol. The van der Waals surface area contributed by atoms with E-state index >= 15 is 0 Å². The predicted octanol–water partition coefficient (Wildman–Crippen LogP) is 1.59. The van der Waals surface area contributed by atoms with Gasteiger partial charge in [0.25, 0.3) is 5.56 Å². The zero-order valence-electron chi connectivity index (χ0n) is 11.6. The molecule has 0 atom stereocenters. The summed E-state index contributed by atoms with van der Waals surface area (Å²) in [5, 5.41) is 10.2. The Balaban J connectivity index is 2.46. The molecular formula is C13H14N4O3S. The van der Waals surface area contributed by atoms with Crippen LogP contribution in [0.3, 0.4) is 0 Å². The van der Waals surface area contributed by atoms with Crippen molar-refractivity contribution < 1.29 is 9.47 Å². The lowest BCUT2D eigenvalue weighted by Crippen LogP contribution is -2.18. The van der Waals surface area contributed by atoms with E-state index in [0.717, 1.165) is 10.9 Å². The fraction of sp³-hybridized carbons (Fsp3) is 0.231. The van der Waals surface area contributed by atoms with E-state index in [1.165, 1.54) is 6.21 Å². The molecule has 0 unspecified atom stereocenters. The molecule has 1 N–H and O–H groups in total. The Morgan fingerprint density at radius 3 is 3.00 bits per heavy atom. The highest BCUT2D eigenvalue weighted by Gasteiger charge is 2.08. The highest BCUT2D eigenvalue weighted by molar-refractivity contribution is 7.71. The highest BCUT2D eigenvalue weighted by atomic mass is 32.1. The first-order valence-corrected chi connectivity index (χ1v) is 6.59. The standard InChI is InChI=1S/C13H14N4O3S/c1-3-20-12-9(5-4-6-10(12)19-2)7-15-17-11(18)8-14-16-13(17)21/h4-8H,3H2,1-2H3,(H,16,21)/b15-7+. The summed E-state index contributed by atoms with van der Waals surface area (Å²) in [6.45, 7) is 2.35. The second-order valence-electron chi connectivity index (χ2n) is 3.88. The lowest BCUT2D eigenvalue weighted by atomic mass is 10.2. The van der Waals surface area contributed by atoms with Crippen LogP contribution in [0.1, 0.15) is 12.5 Å². The van der Waals surface area contributed by atoms with Crippen molar-refractivity contribution in [2.75, 3.05) is 13.7 Å². The SMILES string of the molecule is CCOc1c(/C=N/n2c(=O)cn[nH]c2=S)cccc1OC. The van der Waals surface area contributed by atoms with Crippen LogP contribution in [0.4, 0.5) is 0 Å². The largest absolute Gasteiger partial charge is 0.493 e. The number of rotatable bonds is 5. The smallest absolute Gasteiger partial charge is 0.293 e. The Morgan fingerprint density at radius 1 is 1.52 bits per heavy atom. The topological polar surface area (TPSA) is 81.5 Å². The first-order valence-electron chi connectivity index (χ1n) is 6.18. The normalized spacial score (nSPS) is 10.8. The van der Waals surface area contributed by atoms with E-state index in [1.54, 1.807) is 25.3 Å². The minimum Gasteiger partial charge on any atom is -0.493 e. The van der Waals surface area contributed by atoms with Crippen LogP contribution in [0, 0.1) is 4.77 Å². The fourth-order valence-electron chi connectivity index (χ4n) is 1.67. The lowest BCUT2D eigenvalue weighted by Gasteiger charge is -2.11. The van der Waals surface area contributed by atoms with Crippen LogP contribution in [-0.4, -0.2) is 34.8 Å². The van der Waals surface area contributed by atoms with E-state index in [-0.39, 0.29) is 4.77 Å². The quantitative estimate of drug-likeness (QED) is 0.670. The van der Waals surface area contributed by atoms with Crippen molar-refractivity contribution in [1.29, 1.82) is 0 Å². The Bertz CT molecular complexity index is 738. The van der Waals surface area contributed by atoms with Crippen LogP contribution in [0.2, 0.25) is 0 Å². The Kier molecular flexibility index (Phi) is 4.83. The first kappa shape index (κ1) is 14.9. The summed E-state index contributed by atoms with van der Waals surface area (Å²) in [5.41, 5.74) is 0.255. The Hall–Kier alpha value is -2.48. The number of H-pyrrole nitrogens is 1. The van der Waals surface area contributed by atoms with Crippen molar-refractivity contribution >= 4 is 18.4 Å². The molecule has 21 heavy (non-hydrogen) atoms. The third-order valence-electron chi connectivity index (χ3n) is 2.57. The zero-order chi connectivity index (χ0) is 15.2. The number of para-hydroxylation sites is 1. The van der Waals surface area contributed by atoms with Crippen LogP contribution >= 0.6 is 12.2 Å². The summed E-state index contributed by atoms with van der Waals surface area (Å²) in [6, 6.07) is 5.39. The van der Waals surface area contributed by atoms with Crippen molar-refractivity contribution in [3.63, 3.8) is 0 Å². The Labute approximate surface area is 125 Å². The lowest BCUT2D eigenvalue weighted by molar-refractivity contribution is 0.310. The summed E-state index contributed by atoms with van der Waals surface area (Å²) in [4.78, 5) is 11.6. The van der Waals surface area contributed by atoms with Gasteiger partial charge in [-0.05, 0) is 31.3 Å². The second kappa shape index (κ2) is 6.80. The molecule has 2 rings (SSSR count). The zero-order valence-corrected chi connectivity index (χ0v) is 12.4. The first-order chi connectivity index (χ1) is 10.2. The molecule has 0 fully saturated rings. The van der Waals surface area contributed by atoms with Crippen molar-refractivity contribution in [2.45, 2.75) is 6.92 Å². The molecule has 0 radical (unpaired) electrons. The molecule has 0 saturated carbocycles. The monoisotopic (exact) mass is 306 g/mol. The van der Waals surface area contributed by atoms with Gasteiger partial charge in [-0.15, -0.1) is 0 Å². The maximum atomic E-state index is 11.6. The number of methoxy groups -OCH3 is 1. The van der Waals surface area contributed by atoms with Gasteiger partial charge in [0.05, 0.1) is 19.9 Å². The third-order valence-corrected chi connectivity index (χ3v) is 2.83. The average Bonchev–Trinajstić information content (AvgIpc) is 2.48. The predicted molar refractivity (Wildman–Crippen MR) is 80.8 cm³/mol. The molecule has 2 aromatic rings. The van der Waals surface area contributed by atoms with E-state index < -0.39 is 5.56 Å². The molecule has 0 bridgehead atoms. The molecule has 0 aliphatic carbocycles. The molecule has 0 saturated heterocycles. The summed E-state index contributed by atoms with van der Waals surface area (Å²) in [7, 11) is 1.56. The van der Waals surface area contributed by atoms with Gasteiger partial charge in [-0.1, -0.05) is 6.07 Å². The van der Waals surface area contributed by atoms with Crippen LogP contribution in [0.15, 0.2) is 34.3 Å². The minimum absolute atomic E-state index is 0.111. The molecule has 0 amide bonds. The molecule has 8 heteroatoms. The molecule has 0 spiro atoms. The number of aromatic amines is 1. The summed E-state index contributed by atoms with van der Waals surface area (Å²) >= 11 is 4.96. The molecule has 1 aromatic heterocycles. The van der Waals surface area contributed by atoms with Crippen molar-refractivity contribution in [3.05, 3.63) is 45.1 Å². The Morgan fingerprint density at radius 2 is 2.33 bits per heavy atom. The van der Waals surface area contributed by atoms with Crippen molar-refractivity contribution in [2.24, 2.45) is 5.10 Å². The van der Waals surface area contributed by atoms with Gasteiger partial charge in [-0.25, -0.2) is 0 Å². The second-order valence-corrected chi connectivity index (χ2v) is 4.27.